The van der Waals surface area contributed by atoms with Gasteiger partial charge >= 0.3 is 6.03 Å². The second kappa shape index (κ2) is 11.1. The second-order valence-electron chi connectivity index (χ2n) is 8.45. The quantitative estimate of drug-likeness (QED) is 0.734. The van der Waals surface area contributed by atoms with Gasteiger partial charge in [-0.1, -0.05) is 31.4 Å². The lowest BCUT2D eigenvalue weighted by Gasteiger charge is -2.29. The van der Waals surface area contributed by atoms with Gasteiger partial charge < -0.3 is 20.4 Å². The molecule has 2 aliphatic rings. The normalized spacial score (nSPS) is 17.6. The van der Waals surface area contributed by atoms with Crippen molar-refractivity contribution in [1.82, 2.24) is 15.5 Å². The van der Waals surface area contributed by atoms with E-state index in [2.05, 4.69) is 39.8 Å². The third-order valence-electron chi connectivity index (χ3n) is 6.07. The lowest BCUT2D eigenvalue weighted by atomic mass is 9.96. The summed E-state index contributed by atoms with van der Waals surface area (Å²) in [6, 6.07) is 8.69. The Bertz CT molecular complexity index is 649. The first-order valence-corrected chi connectivity index (χ1v) is 11.2. The highest BCUT2D eigenvalue weighted by Gasteiger charge is 2.16. The minimum Gasteiger partial charge on any atom is -0.372 e. The van der Waals surface area contributed by atoms with Crippen LogP contribution in [-0.2, 0) is 11.3 Å². The fourth-order valence-corrected chi connectivity index (χ4v) is 4.28. The third kappa shape index (κ3) is 6.94. The SMILES string of the molecule is CN(Cc1ccc(N2CCCCC2)cc1)C(=O)CCNC(=O)NC1CCCCC1. The van der Waals surface area contributed by atoms with E-state index in [0.717, 1.165) is 31.5 Å². The monoisotopic (exact) mass is 400 g/mol. The summed E-state index contributed by atoms with van der Waals surface area (Å²) in [6.45, 7) is 3.24. The summed E-state index contributed by atoms with van der Waals surface area (Å²) in [5, 5.41) is 5.84. The Kier molecular flexibility index (Phi) is 8.20. The first-order chi connectivity index (χ1) is 14.1. The first-order valence-electron chi connectivity index (χ1n) is 11.2. The van der Waals surface area contributed by atoms with Gasteiger partial charge in [-0.3, -0.25) is 4.79 Å². The van der Waals surface area contributed by atoms with Crippen LogP contribution >= 0.6 is 0 Å². The van der Waals surface area contributed by atoms with Gasteiger partial charge in [0.15, 0.2) is 0 Å². The molecule has 0 aromatic heterocycles. The van der Waals surface area contributed by atoms with Gasteiger partial charge in [-0.05, 0) is 49.8 Å². The van der Waals surface area contributed by atoms with E-state index in [9.17, 15) is 9.59 Å². The second-order valence-corrected chi connectivity index (χ2v) is 8.45. The first kappa shape index (κ1) is 21.5. The fourth-order valence-electron chi connectivity index (χ4n) is 4.28. The average molecular weight is 401 g/mol. The summed E-state index contributed by atoms with van der Waals surface area (Å²) in [6.07, 6.45) is 9.95. The highest BCUT2D eigenvalue weighted by atomic mass is 16.2. The Morgan fingerprint density at radius 3 is 2.34 bits per heavy atom. The molecule has 160 valence electrons. The van der Waals surface area contributed by atoms with Crippen molar-refractivity contribution in [1.29, 1.82) is 0 Å². The van der Waals surface area contributed by atoms with Crippen LogP contribution in [0, 0.1) is 0 Å². The zero-order chi connectivity index (χ0) is 20.5. The molecule has 6 nitrogen and oxygen atoms in total. The predicted octanol–water partition coefficient (Wildman–Crippen LogP) is 3.66. The zero-order valence-corrected chi connectivity index (χ0v) is 17.8. The molecule has 0 atom stereocenters. The van der Waals surface area contributed by atoms with Crippen LogP contribution in [0.4, 0.5) is 10.5 Å². The van der Waals surface area contributed by atoms with Crippen molar-refractivity contribution in [2.75, 3.05) is 31.6 Å². The van der Waals surface area contributed by atoms with E-state index < -0.39 is 0 Å². The maximum absolute atomic E-state index is 12.4. The van der Waals surface area contributed by atoms with Gasteiger partial charge in [0, 0.05) is 51.4 Å². The van der Waals surface area contributed by atoms with Crippen LogP contribution in [-0.4, -0.2) is 49.6 Å². The van der Waals surface area contributed by atoms with Gasteiger partial charge in [0.1, 0.15) is 0 Å². The zero-order valence-electron chi connectivity index (χ0n) is 17.8. The number of hydrogen-bond acceptors (Lipinski definition) is 3. The van der Waals surface area contributed by atoms with Gasteiger partial charge in [-0.2, -0.15) is 0 Å². The molecule has 0 bridgehead atoms. The summed E-state index contributed by atoms with van der Waals surface area (Å²) in [5.74, 6) is 0.0445. The van der Waals surface area contributed by atoms with Gasteiger partial charge in [0.2, 0.25) is 5.91 Å². The van der Waals surface area contributed by atoms with Crippen LogP contribution in [0.25, 0.3) is 0 Å². The number of urea groups is 1. The largest absolute Gasteiger partial charge is 0.372 e. The molecule has 3 amide bonds. The number of carbonyl (C=O) groups excluding carboxylic acids is 2. The number of hydrogen-bond donors (Lipinski definition) is 2. The van der Waals surface area contributed by atoms with Crippen LogP contribution in [0.15, 0.2) is 24.3 Å². The molecule has 0 unspecified atom stereocenters. The number of nitrogens with one attached hydrogen (secondary N) is 2. The lowest BCUT2D eigenvalue weighted by molar-refractivity contribution is -0.130. The van der Waals surface area contributed by atoms with E-state index in [1.807, 2.05) is 7.05 Å². The molecule has 1 aromatic carbocycles. The Hall–Kier alpha value is -2.24. The minimum absolute atomic E-state index is 0.0445. The number of amides is 3. The van der Waals surface area contributed by atoms with Crippen LogP contribution in [0.5, 0.6) is 0 Å². The van der Waals surface area contributed by atoms with Crippen LogP contribution < -0.4 is 15.5 Å². The van der Waals surface area contributed by atoms with Crippen LogP contribution in [0.1, 0.15) is 63.4 Å². The molecule has 0 spiro atoms. The van der Waals surface area contributed by atoms with E-state index in [-0.39, 0.29) is 18.0 Å². The summed E-state index contributed by atoms with van der Waals surface area (Å²) in [7, 11) is 1.82. The van der Waals surface area contributed by atoms with Crippen molar-refractivity contribution in [3.05, 3.63) is 29.8 Å². The highest BCUT2D eigenvalue weighted by molar-refractivity contribution is 5.78. The number of anilines is 1. The van der Waals surface area contributed by atoms with Gasteiger partial charge in [0.05, 0.1) is 0 Å². The molecule has 2 N–H and O–H groups in total. The Morgan fingerprint density at radius 2 is 1.66 bits per heavy atom. The Morgan fingerprint density at radius 1 is 1.00 bits per heavy atom. The summed E-state index contributed by atoms with van der Waals surface area (Å²) >= 11 is 0. The van der Waals surface area contributed by atoms with Crippen molar-refractivity contribution < 1.29 is 9.59 Å². The van der Waals surface area contributed by atoms with Crippen molar-refractivity contribution in [2.24, 2.45) is 0 Å². The molecule has 2 fully saturated rings. The molecule has 1 aliphatic carbocycles. The average Bonchev–Trinajstić information content (AvgIpc) is 2.75. The molecular weight excluding hydrogens is 364 g/mol. The molecule has 1 aliphatic heterocycles. The van der Waals surface area contributed by atoms with E-state index in [1.165, 1.54) is 44.2 Å². The fraction of sp³-hybridized carbons (Fsp3) is 0.652. The van der Waals surface area contributed by atoms with Crippen molar-refractivity contribution in [3.63, 3.8) is 0 Å². The Labute approximate surface area is 175 Å². The lowest BCUT2D eigenvalue weighted by Crippen LogP contribution is -2.43. The maximum atomic E-state index is 12.4. The molecule has 1 saturated carbocycles. The molecule has 0 radical (unpaired) electrons. The van der Waals surface area contributed by atoms with Gasteiger partial charge in [-0.25, -0.2) is 4.79 Å². The number of rotatable bonds is 7. The molecule has 3 rings (SSSR count). The van der Waals surface area contributed by atoms with E-state index in [1.54, 1.807) is 4.90 Å². The predicted molar refractivity (Wildman–Crippen MR) is 117 cm³/mol. The number of nitrogens with zero attached hydrogens (tertiary/aromatic N) is 2. The highest BCUT2D eigenvalue weighted by Crippen LogP contribution is 2.20. The van der Waals surface area contributed by atoms with Crippen molar-refractivity contribution in [3.8, 4) is 0 Å². The molecule has 29 heavy (non-hydrogen) atoms. The van der Waals surface area contributed by atoms with E-state index >= 15 is 0 Å². The van der Waals surface area contributed by atoms with Crippen molar-refractivity contribution >= 4 is 17.6 Å². The maximum Gasteiger partial charge on any atom is 0.315 e. The molecule has 1 heterocycles. The summed E-state index contributed by atoms with van der Waals surface area (Å²) in [5.41, 5.74) is 2.40. The van der Waals surface area contributed by atoms with Gasteiger partial charge in [-0.15, -0.1) is 0 Å². The van der Waals surface area contributed by atoms with Crippen LogP contribution in [0.3, 0.4) is 0 Å². The minimum atomic E-state index is -0.152. The number of piperidine rings is 1. The topological polar surface area (TPSA) is 64.7 Å². The standard InChI is InChI=1S/C23H36N4O2/c1-26(18-19-10-12-21(13-11-19)27-16-6-3-7-17-27)22(28)14-15-24-23(29)25-20-8-4-2-5-9-20/h10-13,20H,2-9,14-18H2,1H3,(H2,24,25,29). The van der Waals surface area contributed by atoms with E-state index in [4.69, 9.17) is 0 Å². The molecule has 6 heteroatoms. The molecule has 1 aromatic rings. The third-order valence-corrected chi connectivity index (χ3v) is 6.07. The van der Waals surface area contributed by atoms with Gasteiger partial charge in [0.25, 0.3) is 0 Å². The smallest absolute Gasteiger partial charge is 0.315 e. The Balaban J connectivity index is 1.35. The summed E-state index contributed by atoms with van der Waals surface area (Å²) in [4.78, 5) is 28.5. The number of carbonyl (C=O) groups is 2. The number of benzene rings is 1. The van der Waals surface area contributed by atoms with Crippen LogP contribution in [0.2, 0.25) is 0 Å². The van der Waals surface area contributed by atoms with Crippen molar-refractivity contribution in [2.45, 2.75) is 70.4 Å². The summed E-state index contributed by atoms with van der Waals surface area (Å²) < 4.78 is 0. The molecular formula is C23H36N4O2. The van der Waals surface area contributed by atoms with E-state index in [0.29, 0.717) is 19.5 Å². The molecule has 1 saturated heterocycles.